The smallest absolute Gasteiger partial charge is 0.304 e. The first-order chi connectivity index (χ1) is 18.0. The van der Waals surface area contributed by atoms with Crippen LogP contribution < -0.4 is 9.47 Å². The van der Waals surface area contributed by atoms with Gasteiger partial charge in [-0.2, -0.15) is 0 Å². The van der Waals surface area contributed by atoms with E-state index in [1.54, 1.807) is 0 Å². The maximum absolute atomic E-state index is 11.1. The van der Waals surface area contributed by atoms with Gasteiger partial charge in [-0.25, -0.2) is 0 Å². The van der Waals surface area contributed by atoms with E-state index in [1.165, 1.54) is 58.2 Å². The molecular weight excluding hydrogens is 460 g/mol. The Kier molecular flexibility index (Phi) is 6.44. The Labute approximate surface area is 219 Å². The highest BCUT2D eigenvalue weighted by atomic mass is 16.5. The molecule has 4 heteroatoms. The van der Waals surface area contributed by atoms with Gasteiger partial charge in [0.25, 0.3) is 0 Å². The summed E-state index contributed by atoms with van der Waals surface area (Å²) in [5.74, 6) is 2.39. The molecule has 1 N–H and O–H groups in total. The van der Waals surface area contributed by atoms with Gasteiger partial charge >= 0.3 is 5.97 Å². The SMILES string of the molecule is Cc1cc(OCC2CC2)cc(C)c1-c1cccc2c1CCC2CCc1ccc2c(c1)OC[C@H]2CC(=O)O. The van der Waals surface area contributed by atoms with Crippen molar-refractivity contribution in [3.05, 3.63) is 81.9 Å². The topological polar surface area (TPSA) is 55.8 Å². The van der Waals surface area contributed by atoms with Gasteiger partial charge in [0.05, 0.1) is 19.6 Å². The van der Waals surface area contributed by atoms with E-state index in [0.717, 1.165) is 48.8 Å². The summed E-state index contributed by atoms with van der Waals surface area (Å²) in [4.78, 5) is 11.1. The monoisotopic (exact) mass is 496 g/mol. The van der Waals surface area contributed by atoms with E-state index in [0.29, 0.717) is 12.5 Å². The van der Waals surface area contributed by atoms with Crippen molar-refractivity contribution in [3.8, 4) is 22.6 Å². The molecule has 1 heterocycles. The quantitative estimate of drug-likeness (QED) is 0.336. The summed E-state index contributed by atoms with van der Waals surface area (Å²) in [6.45, 7) is 5.75. The van der Waals surface area contributed by atoms with Crippen LogP contribution in [0.3, 0.4) is 0 Å². The third-order valence-electron chi connectivity index (χ3n) is 8.51. The molecule has 2 aliphatic carbocycles. The molecule has 0 spiro atoms. The number of ether oxygens (including phenoxy) is 2. The third-order valence-corrected chi connectivity index (χ3v) is 8.51. The lowest BCUT2D eigenvalue weighted by Gasteiger charge is -2.18. The van der Waals surface area contributed by atoms with Crippen LogP contribution in [0.2, 0.25) is 0 Å². The summed E-state index contributed by atoms with van der Waals surface area (Å²) >= 11 is 0. The van der Waals surface area contributed by atoms with Crippen molar-refractivity contribution in [2.24, 2.45) is 5.92 Å². The van der Waals surface area contributed by atoms with Gasteiger partial charge in [-0.05, 0) is 121 Å². The predicted octanol–water partition coefficient (Wildman–Crippen LogP) is 7.37. The Morgan fingerprint density at radius 3 is 2.57 bits per heavy atom. The number of fused-ring (bicyclic) bond motifs is 2. The maximum atomic E-state index is 11.1. The lowest BCUT2D eigenvalue weighted by molar-refractivity contribution is -0.137. The zero-order valence-electron chi connectivity index (χ0n) is 21.9. The molecular formula is C33H36O4. The van der Waals surface area contributed by atoms with E-state index >= 15 is 0 Å². The van der Waals surface area contributed by atoms with E-state index in [4.69, 9.17) is 14.6 Å². The third kappa shape index (κ3) is 4.99. The molecule has 1 saturated carbocycles. The highest BCUT2D eigenvalue weighted by molar-refractivity contribution is 5.76. The van der Waals surface area contributed by atoms with Gasteiger partial charge in [-0.1, -0.05) is 30.3 Å². The number of aryl methyl sites for hydroxylation is 3. The molecule has 0 amide bonds. The minimum Gasteiger partial charge on any atom is -0.493 e. The molecule has 6 rings (SSSR count). The van der Waals surface area contributed by atoms with Crippen LogP contribution in [0.1, 0.15) is 77.3 Å². The van der Waals surface area contributed by atoms with Gasteiger partial charge in [-0.3, -0.25) is 4.79 Å². The summed E-state index contributed by atoms with van der Waals surface area (Å²) in [7, 11) is 0. The fraction of sp³-hybridized carbons (Fsp3) is 0.424. The normalized spacial score (nSPS) is 19.8. The first kappa shape index (κ1) is 24.1. The Hall–Kier alpha value is -3.27. The second-order valence-electron chi connectivity index (χ2n) is 11.3. The van der Waals surface area contributed by atoms with Crippen molar-refractivity contribution >= 4 is 5.97 Å². The Morgan fingerprint density at radius 2 is 1.81 bits per heavy atom. The number of rotatable bonds is 9. The van der Waals surface area contributed by atoms with Crippen LogP contribution in [0.15, 0.2) is 48.5 Å². The number of hydrogen-bond donors (Lipinski definition) is 1. The predicted molar refractivity (Wildman–Crippen MR) is 146 cm³/mol. The van der Waals surface area contributed by atoms with Crippen LogP contribution in [0.4, 0.5) is 0 Å². The van der Waals surface area contributed by atoms with Gasteiger partial charge in [-0.15, -0.1) is 0 Å². The van der Waals surface area contributed by atoms with Crippen LogP contribution in [0, 0.1) is 19.8 Å². The summed E-state index contributed by atoms with van der Waals surface area (Å²) in [6, 6.07) is 17.7. The maximum Gasteiger partial charge on any atom is 0.304 e. The Morgan fingerprint density at radius 1 is 1.00 bits per heavy atom. The number of aliphatic carboxylic acids is 1. The lowest BCUT2D eigenvalue weighted by atomic mass is 9.88. The largest absolute Gasteiger partial charge is 0.493 e. The molecule has 37 heavy (non-hydrogen) atoms. The van der Waals surface area contributed by atoms with E-state index in [1.807, 2.05) is 0 Å². The summed E-state index contributed by atoms with van der Waals surface area (Å²) in [5, 5.41) is 9.16. The number of carboxylic acid groups (broad SMARTS) is 1. The van der Waals surface area contributed by atoms with Crippen molar-refractivity contribution in [2.75, 3.05) is 13.2 Å². The van der Waals surface area contributed by atoms with Gasteiger partial charge in [0, 0.05) is 11.5 Å². The first-order valence-electron chi connectivity index (χ1n) is 13.8. The van der Waals surface area contributed by atoms with Crippen LogP contribution in [-0.2, 0) is 17.6 Å². The average Bonchev–Trinajstić information content (AvgIpc) is 3.49. The van der Waals surface area contributed by atoms with Gasteiger partial charge in [0.2, 0.25) is 0 Å². The molecule has 4 nitrogen and oxygen atoms in total. The van der Waals surface area contributed by atoms with E-state index in [2.05, 4.69) is 62.4 Å². The molecule has 0 aromatic heterocycles. The van der Waals surface area contributed by atoms with Crippen molar-refractivity contribution in [2.45, 2.75) is 70.6 Å². The van der Waals surface area contributed by atoms with E-state index in [-0.39, 0.29) is 12.3 Å². The Balaban J connectivity index is 1.17. The standard InChI is InChI=1S/C33H36O4/c1-20-14-26(36-18-23-6-7-23)15-21(2)33(20)30-5-3-4-27-24(11-13-29(27)30)10-8-22-9-12-28-25(17-32(34)35)19-37-31(28)16-22/h3-5,9,12,14-16,23-25H,6-8,10-11,13,17-19H2,1-2H3,(H,34,35)/t24?,25-/m1/s1. The number of carboxylic acids is 1. The second-order valence-corrected chi connectivity index (χ2v) is 11.3. The van der Waals surface area contributed by atoms with Crippen molar-refractivity contribution in [3.63, 3.8) is 0 Å². The molecule has 3 aliphatic rings. The molecule has 3 aromatic carbocycles. The van der Waals surface area contributed by atoms with Crippen molar-refractivity contribution in [1.82, 2.24) is 0 Å². The fourth-order valence-corrected chi connectivity index (χ4v) is 6.40. The number of hydrogen-bond acceptors (Lipinski definition) is 3. The van der Waals surface area contributed by atoms with Gasteiger partial charge in [0.15, 0.2) is 0 Å². The van der Waals surface area contributed by atoms with Crippen LogP contribution >= 0.6 is 0 Å². The van der Waals surface area contributed by atoms with Crippen molar-refractivity contribution < 1.29 is 19.4 Å². The molecule has 1 fully saturated rings. The summed E-state index contributed by atoms with van der Waals surface area (Å²) in [5.41, 5.74) is 10.7. The first-order valence-corrected chi connectivity index (χ1v) is 13.8. The Bertz CT molecular complexity index is 1310. The number of benzene rings is 3. The fourth-order valence-electron chi connectivity index (χ4n) is 6.40. The van der Waals surface area contributed by atoms with Gasteiger partial charge < -0.3 is 14.6 Å². The van der Waals surface area contributed by atoms with E-state index in [9.17, 15) is 4.79 Å². The van der Waals surface area contributed by atoms with E-state index < -0.39 is 5.97 Å². The molecule has 0 bridgehead atoms. The van der Waals surface area contributed by atoms with Crippen LogP contribution in [0.5, 0.6) is 11.5 Å². The lowest BCUT2D eigenvalue weighted by Crippen LogP contribution is -2.07. The molecule has 1 aliphatic heterocycles. The highest BCUT2D eigenvalue weighted by Gasteiger charge is 2.28. The molecule has 192 valence electrons. The minimum atomic E-state index is -0.770. The zero-order chi connectivity index (χ0) is 25.5. The summed E-state index contributed by atoms with van der Waals surface area (Å²) in [6.07, 6.45) is 7.16. The second kappa shape index (κ2) is 9.89. The molecule has 1 unspecified atom stereocenters. The van der Waals surface area contributed by atoms with Crippen molar-refractivity contribution in [1.29, 1.82) is 0 Å². The zero-order valence-corrected chi connectivity index (χ0v) is 21.9. The summed E-state index contributed by atoms with van der Waals surface area (Å²) < 4.78 is 11.9. The van der Waals surface area contributed by atoms with Gasteiger partial charge in [0.1, 0.15) is 11.5 Å². The van der Waals surface area contributed by atoms with Crippen LogP contribution in [0.25, 0.3) is 11.1 Å². The number of carbonyl (C=O) groups is 1. The molecule has 0 saturated heterocycles. The minimum absolute atomic E-state index is 0.0348. The average molecular weight is 497 g/mol. The molecule has 3 aromatic rings. The highest BCUT2D eigenvalue weighted by Crippen LogP contribution is 2.44. The molecule has 2 atom stereocenters. The molecule has 0 radical (unpaired) electrons. The van der Waals surface area contributed by atoms with Crippen LogP contribution in [-0.4, -0.2) is 24.3 Å².